The van der Waals surface area contributed by atoms with E-state index in [-0.39, 0.29) is 11.6 Å². The Bertz CT molecular complexity index is 1030. The number of benzene rings is 1. The van der Waals surface area contributed by atoms with Crippen LogP contribution in [0.1, 0.15) is 28.5 Å². The molecule has 3 aromatic rings. The summed E-state index contributed by atoms with van der Waals surface area (Å²) in [6, 6.07) is 8.47. The van der Waals surface area contributed by atoms with Crippen molar-refractivity contribution in [3.05, 3.63) is 75.7 Å². The van der Waals surface area contributed by atoms with Gasteiger partial charge in [-0.25, -0.2) is 0 Å². The first-order valence-electron chi connectivity index (χ1n) is 8.60. The van der Waals surface area contributed by atoms with E-state index in [4.69, 9.17) is 4.74 Å². The van der Waals surface area contributed by atoms with E-state index >= 15 is 0 Å². The van der Waals surface area contributed by atoms with Crippen LogP contribution in [0.2, 0.25) is 0 Å². The lowest BCUT2D eigenvalue weighted by atomic mass is 10.1. The summed E-state index contributed by atoms with van der Waals surface area (Å²) in [5.41, 5.74) is 1.96. The zero-order chi connectivity index (χ0) is 20.1. The molecule has 2 aromatic heterocycles. The number of allylic oxidation sites excluding steroid dienone is 1. The minimum Gasteiger partial charge on any atom is -0.496 e. The van der Waals surface area contributed by atoms with Crippen LogP contribution in [0.3, 0.4) is 0 Å². The molecule has 0 unspecified atom stereocenters. The molecule has 0 amide bonds. The molecule has 144 valence electrons. The number of rotatable bonds is 8. The van der Waals surface area contributed by atoms with Gasteiger partial charge < -0.3 is 14.9 Å². The van der Waals surface area contributed by atoms with Crippen molar-refractivity contribution in [2.24, 2.45) is 0 Å². The molecule has 0 saturated carbocycles. The summed E-state index contributed by atoms with van der Waals surface area (Å²) < 4.78 is 8.51. The number of nitro groups is 1. The van der Waals surface area contributed by atoms with Crippen molar-refractivity contribution in [3.63, 3.8) is 0 Å². The Morgan fingerprint density at radius 2 is 2.00 bits per heavy atom. The third-order valence-corrected chi connectivity index (χ3v) is 4.09. The van der Waals surface area contributed by atoms with Crippen LogP contribution in [0.4, 0.5) is 5.82 Å². The van der Waals surface area contributed by atoms with Crippen LogP contribution in [-0.2, 0) is 13.1 Å². The van der Waals surface area contributed by atoms with Crippen LogP contribution in [0.15, 0.2) is 48.8 Å². The number of ether oxygens (including phenoxy) is 1. The summed E-state index contributed by atoms with van der Waals surface area (Å²) in [6.07, 6.45) is 6.46. The standard InChI is InChI=1S/C19H19N5O4/c1-3-22-10-8-16(20-22)17(25)6-4-14-5-7-18(28-2)15(12-14)13-23-11-9-19(21-23)24(26)27/h4-12H,3,13H2,1-2H3/b6-4+. The van der Waals surface area contributed by atoms with Gasteiger partial charge in [0.05, 0.1) is 31.0 Å². The minimum absolute atomic E-state index is 0.188. The highest BCUT2D eigenvalue weighted by Crippen LogP contribution is 2.22. The van der Waals surface area contributed by atoms with E-state index in [1.807, 2.05) is 19.1 Å². The fourth-order valence-corrected chi connectivity index (χ4v) is 2.66. The van der Waals surface area contributed by atoms with E-state index in [1.165, 1.54) is 23.0 Å². The number of aromatic nitrogens is 4. The average Bonchev–Trinajstić information content (AvgIpc) is 3.36. The molecule has 3 rings (SSSR count). The number of methoxy groups -OCH3 is 1. The lowest BCUT2D eigenvalue weighted by molar-refractivity contribution is -0.389. The van der Waals surface area contributed by atoms with Gasteiger partial charge in [-0.2, -0.15) is 9.78 Å². The molecule has 2 heterocycles. The first-order valence-corrected chi connectivity index (χ1v) is 8.60. The molecule has 0 fully saturated rings. The third kappa shape index (κ3) is 4.32. The molecule has 0 aliphatic carbocycles. The fourth-order valence-electron chi connectivity index (χ4n) is 2.66. The summed E-state index contributed by atoms with van der Waals surface area (Å²) in [5.74, 6) is 0.225. The molecule has 0 aliphatic heterocycles. The molecule has 0 radical (unpaired) electrons. The first kappa shape index (κ1) is 19.0. The Morgan fingerprint density at radius 3 is 2.64 bits per heavy atom. The largest absolute Gasteiger partial charge is 0.496 e. The molecular weight excluding hydrogens is 362 g/mol. The van der Waals surface area contributed by atoms with E-state index in [2.05, 4.69) is 10.2 Å². The lowest BCUT2D eigenvalue weighted by Crippen LogP contribution is -2.03. The van der Waals surface area contributed by atoms with E-state index in [9.17, 15) is 14.9 Å². The monoisotopic (exact) mass is 381 g/mol. The summed E-state index contributed by atoms with van der Waals surface area (Å²) in [4.78, 5) is 22.5. The zero-order valence-corrected chi connectivity index (χ0v) is 15.5. The molecule has 9 heteroatoms. The Kier molecular flexibility index (Phi) is 5.64. The van der Waals surface area contributed by atoms with Crippen molar-refractivity contribution < 1.29 is 14.5 Å². The van der Waals surface area contributed by atoms with Gasteiger partial charge in [-0.15, -0.1) is 0 Å². The summed E-state index contributed by atoms with van der Waals surface area (Å²) in [7, 11) is 1.55. The highest BCUT2D eigenvalue weighted by atomic mass is 16.6. The van der Waals surface area contributed by atoms with Crippen LogP contribution in [0.5, 0.6) is 5.75 Å². The number of hydrogen-bond donors (Lipinski definition) is 0. The Balaban J connectivity index is 1.79. The second-order valence-electron chi connectivity index (χ2n) is 5.95. The molecule has 28 heavy (non-hydrogen) atoms. The van der Waals surface area contributed by atoms with Gasteiger partial charge in [0.15, 0.2) is 0 Å². The molecule has 0 saturated heterocycles. The zero-order valence-electron chi connectivity index (χ0n) is 15.5. The maximum Gasteiger partial charge on any atom is 0.389 e. The van der Waals surface area contributed by atoms with E-state index in [0.29, 0.717) is 24.5 Å². The molecule has 9 nitrogen and oxygen atoms in total. The van der Waals surface area contributed by atoms with Gasteiger partial charge in [-0.05, 0) is 41.7 Å². The summed E-state index contributed by atoms with van der Waals surface area (Å²) >= 11 is 0. The van der Waals surface area contributed by atoms with E-state index in [0.717, 1.165) is 11.1 Å². The van der Waals surface area contributed by atoms with Crippen LogP contribution >= 0.6 is 0 Å². The molecule has 0 N–H and O–H groups in total. The van der Waals surface area contributed by atoms with E-state index in [1.54, 1.807) is 36.2 Å². The lowest BCUT2D eigenvalue weighted by Gasteiger charge is -2.08. The van der Waals surface area contributed by atoms with Crippen LogP contribution in [-0.4, -0.2) is 37.4 Å². The molecule has 1 aromatic carbocycles. The molecule has 0 bridgehead atoms. The first-order chi connectivity index (χ1) is 13.5. The average molecular weight is 381 g/mol. The van der Waals surface area contributed by atoms with Crippen molar-refractivity contribution in [1.29, 1.82) is 0 Å². The smallest absolute Gasteiger partial charge is 0.389 e. The maximum absolute atomic E-state index is 12.2. The topological polar surface area (TPSA) is 105 Å². The van der Waals surface area contributed by atoms with Gasteiger partial charge in [0.25, 0.3) is 0 Å². The van der Waals surface area contributed by atoms with Gasteiger partial charge in [0.2, 0.25) is 5.78 Å². The minimum atomic E-state index is -0.543. The van der Waals surface area contributed by atoms with Gasteiger partial charge in [0, 0.05) is 18.3 Å². The second kappa shape index (κ2) is 8.30. The quantitative estimate of drug-likeness (QED) is 0.257. The number of hydrogen-bond acceptors (Lipinski definition) is 6. The van der Waals surface area contributed by atoms with Gasteiger partial charge in [-0.1, -0.05) is 12.1 Å². The Labute approximate surface area is 161 Å². The van der Waals surface area contributed by atoms with Crippen molar-refractivity contribution in [1.82, 2.24) is 19.6 Å². The number of carbonyl (C=O) groups is 1. The predicted octanol–water partition coefficient (Wildman–Crippen LogP) is 2.96. The predicted molar refractivity (Wildman–Crippen MR) is 102 cm³/mol. The fraction of sp³-hybridized carbons (Fsp3) is 0.211. The highest BCUT2D eigenvalue weighted by molar-refractivity contribution is 6.05. The van der Waals surface area contributed by atoms with Crippen molar-refractivity contribution in [2.45, 2.75) is 20.0 Å². The molecule has 0 spiro atoms. The third-order valence-electron chi connectivity index (χ3n) is 4.09. The number of carbonyl (C=O) groups excluding carboxylic acids is 1. The number of aryl methyl sites for hydroxylation is 1. The van der Waals surface area contributed by atoms with Gasteiger partial charge >= 0.3 is 5.82 Å². The Hall–Kier alpha value is -3.75. The van der Waals surface area contributed by atoms with Crippen molar-refractivity contribution >= 4 is 17.7 Å². The van der Waals surface area contributed by atoms with Crippen LogP contribution < -0.4 is 4.74 Å². The molecule has 0 aliphatic rings. The molecular formula is C19H19N5O4. The van der Waals surface area contributed by atoms with E-state index < -0.39 is 4.92 Å². The SMILES string of the molecule is CCn1ccc(C(=O)/C=C/c2ccc(OC)c(Cn3ccc([N+](=O)[O-])n3)c2)n1. The maximum atomic E-state index is 12.2. The van der Waals surface area contributed by atoms with Gasteiger partial charge in [-0.3, -0.25) is 9.48 Å². The highest BCUT2D eigenvalue weighted by Gasteiger charge is 2.13. The van der Waals surface area contributed by atoms with Crippen molar-refractivity contribution in [2.75, 3.05) is 7.11 Å². The Morgan fingerprint density at radius 1 is 1.21 bits per heavy atom. The van der Waals surface area contributed by atoms with Crippen LogP contribution in [0, 0.1) is 10.1 Å². The molecule has 0 atom stereocenters. The summed E-state index contributed by atoms with van der Waals surface area (Å²) in [6.45, 7) is 2.95. The van der Waals surface area contributed by atoms with Gasteiger partial charge in [0.1, 0.15) is 11.4 Å². The number of nitrogens with zero attached hydrogens (tertiary/aromatic N) is 5. The van der Waals surface area contributed by atoms with Crippen LogP contribution in [0.25, 0.3) is 6.08 Å². The number of ketones is 1. The second-order valence-corrected chi connectivity index (χ2v) is 5.95. The van der Waals surface area contributed by atoms with Crippen molar-refractivity contribution in [3.8, 4) is 5.75 Å². The summed E-state index contributed by atoms with van der Waals surface area (Å²) in [5, 5.41) is 18.9. The normalized spacial score (nSPS) is 11.1.